The van der Waals surface area contributed by atoms with Gasteiger partial charge < -0.3 is 15.4 Å². The van der Waals surface area contributed by atoms with Crippen LogP contribution in [0.25, 0.3) is 0 Å². The lowest BCUT2D eigenvalue weighted by Crippen LogP contribution is -2.44. The molecule has 0 spiro atoms. The fourth-order valence-electron chi connectivity index (χ4n) is 2.93. The lowest BCUT2D eigenvalue weighted by atomic mass is 10.1. The van der Waals surface area contributed by atoms with Crippen molar-refractivity contribution in [3.63, 3.8) is 0 Å². The van der Waals surface area contributed by atoms with E-state index < -0.39 is 27.9 Å². The number of ether oxygens (including phenoxy) is 1. The number of esters is 1. The summed E-state index contributed by atoms with van der Waals surface area (Å²) in [4.78, 5) is 36.2. The average molecular weight is 430 g/mol. The molecule has 9 nitrogen and oxygen atoms in total. The summed E-state index contributed by atoms with van der Waals surface area (Å²) < 4.78 is 29.4. The van der Waals surface area contributed by atoms with Gasteiger partial charge in [-0.1, -0.05) is 12.1 Å². The molecule has 2 unspecified atom stereocenters. The van der Waals surface area contributed by atoms with Crippen molar-refractivity contribution in [2.75, 3.05) is 38.3 Å². The van der Waals surface area contributed by atoms with Crippen molar-refractivity contribution in [2.45, 2.75) is 17.7 Å². The van der Waals surface area contributed by atoms with Gasteiger partial charge in [0.15, 0.2) is 5.78 Å². The van der Waals surface area contributed by atoms with E-state index in [1.165, 1.54) is 13.2 Å². The van der Waals surface area contributed by atoms with Crippen LogP contribution in [0.5, 0.6) is 0 Å². The van der Waals surface area contributed by atoms with Crippen LogP contribution in [0.15, 0.2) is 24.3 Å². The van der Waals surface area contributed by atoms with Gasteiger partial charge in [-0.25, -0.2) is 13.2 Å². The molecule has 0 aliphatic carbocycles. The lowest BCUT2D eigenvalue weighted by Gasteiger charge is -2.20. The van der Waals surface area contributed by atoms with Gasteiger partial charge in [-0.2, -0.15) is 16.9 Å². The molecule has 1 saturated heterocycles. The van der Waals surface area contributed by atoms with Crippen molar-refractivity contribution in [2.24, 2.45) is 0 Å². The number of nitrogens with zero attached hydrogens (tertiary/aromatic N) is 1. The Morgan fingerprint density at radius 1 is 1.25 bits per heavy atom. The molecular formula is C17H23N3O6S2. The second kappa shape index (κ2) is 9.50. The first-order valence-electron chi connectivity index (χ1n) is 8.49. The summed E-state index contributed by atoms with van der Waals surface area (Å²) in [6.07, 6.45) is 1.38. The number of sulfonamides is 1. The van der Waals surface area contributed by atoms with Crippen LogP contribution < -0.4 is 10.6 Å². The molecule has 0 aromatic heterocycles. The number of para-hydroxylation sites is 1. The summed E-state index contributed by atoms with van der Waals surface area (Å²) in [5.74, 6) is -1.37. The lowest BCUT2D eigenvalue weighted by molar-refractivity contribution is -0.121. The first-order valence-corrected chi connectivity index (χ1v) is 10.9. The Morgan fingerprint density at radius 2 is 1.93 bits per heavy atom. The summed E-state index contributed by atoms with van der Waals surface area (Å²) in [6, 6.07) is 5.60. The zero-order chi connectivity index (χ0) is 20.9. The molecule has 0 radical (unpaired) electrons. The predicted molar refractivity (Wildman–Crippen MR) is 107 cm³/mol. The number of hydrogen-bond donors (Lipinski definition) is 3. The molecule has 1 aromatic carbocycles. The van der Waals surface area contributed by atoms with Crippen molar-refractivity contribution >= 4 is 46.0 Å². The molecule has 2 rings (SSSR count). The van der Waals surface area contributed by atoms with Crippen LogP contribution in [0.1, 0.15) is 16.8 Å². The normalized spacial score (nSPS) is 20.0. The molecule has 154 valence electrons. The van der Waals surface area contributed by atoms with Crippen molar-refractivity contribution in [3.05, 3.63) is 29.8 Å². The summed E-state index contributed by atoms with van der Waals surface area (Å²) >= 11 is 4.27. The third-order valence-corrected chi connectivity index (χ3v) is 5.85. The molecule has 0 bridgehead atoms. The van der Waals surface area contributed by atoms with Crippen molar-refractivity contribution < 1.29 is 27.5 Å². The number of benzene rings is 1. The van der Waals surface area contributed by atoms with E-state index in [9.17, 15) is 22.8 Å². The summed E-state index contributed by atoms with van der Waals surface area (Å²) in [6.45, 7) is -0.163. The number of anilines is 1. The van der Waals surface area contributed by atoms with Crippen molar-refractivity contribution in [1.29, 1.82) is 0 Å². The van der Waals surface area contributed by atoms with Gasteiger partial charge in [-0.15, -0.1) is 0 Å². The highest BCUT2D eigenvalue weighted by Crippen LogP contribution is 2.24. The van der Waals surface area contributed by atoms with Crippen LogP contribution in [0, 0.1) is 0 Å². The molecule has 1 heterocycles. The van der Waals surface area contributed by atoms with E-state index in [0.717, 1.165) is 10.6 Å². The number of amides is 1. The Labute approximate surface area is 169 Å². The Kier molecular flexibility index (Phi) is 7.58. The van der Waals surface area contributed by atoms with Gasteiger partial charge in [0.25, 0.3) is 0 Å². The number of Topliss-reactive ketones (excluding diaryl/α,β-unsaturated/α-hetero) is 1. The third-order valence-electron chi connectivity index (χ3n) is 4.22. The van der Waals surface area contributed by atoms with Gasteiger partial charge in [-0.3, -0.25) is 9.59 Å². The van der Waals surface area contributed by atoms with E-state index in [4.69, 9.17) is 0 Å². The average Bonchev–Trinajstić information content (AvgIpc) is 3.04. The number of thiol groups is 1. The first-order chi connectivity index (χ1) is 13.1. The monoisotopic (exact) mass is 429 g/mol. The number of nitrogens with one attached hydrogen (secondary N) is 2. The van der Waals surface area contributed by atoms with Crippen LogP contribution in [-0.4, -0.2) is 74.7 Å². The van der Waals surface area contributed by atoms with Crippen LogP contribution in [0.4, 0.5) is 5.69 Å². The van der Waals surface area contributed by atoms with Gasteiger partial charge in [0.05, 0.1) is 43.7 Å². The minimum atomic E-state index is -3.51. The number of rotatable bonds is 8. The molecule has 1 aliphatic rings. The third kappa shape index (κ3) is 5.77. The molecular weight excluding hydrogens is 406 g/mol. The minimum Gasteiger partial charge on any atom is -0.465 e. The standard InChI is InChI=1S/C17H23N3O6S2/c1-26-17(23)12-5-3-4-6-13(12)19-16(22)9-18-8-15(21)14-7-11(27)10-20(14)28(2,24)25/h3-6,11,14,18,27H,7-10H2,1-2H3,(H,19,22). The van der Waals surface area contributed by atoms with E-state index in [-0.39, 0.29) is 36.2 Å². The van der Waals surface area contributed by atoms with Crippen LogP contribution in [0.3, 0.4) is 0 Å². The topological polar surface area (TPSA) is 122 Å². The Balaban J connectivity index is 1.89. The summed E-state index contributed by atoms with van der Waals surface area (Å²) in [5, 5.41) is 5.08. The summed E-state index contributed by atoms with van der Waals surface area (Å²) in [7, 11) is -2.27. The van der Waals surface area contributed by atoms with E-state index in [1.54, 1.807) is 18.2 Å². The Hall–Kier alpha value is -1.95. The highest BCUT2D eigenvalue weighted by molar-refractivity contribution is 7.88. The molecule has 2 atom stereocenters. The van der Waals surface area contributed by atoms with Crippen LogP contribution >= 0.6 is 12.6 Å². The largest absolute Gasteiger partial charge is 0.465 e. The second-order valence-corrected chi connectivity index (χ2v) is 9.06. The van der Waals surface area contributed by atoms with E-state index in [0.29, 0.717) is 12.1 Å². The van der Waals surface area contributed by atoms with Gasteiger partial charge in [0.2, 0.25) is 15.9 Å². The zero-order valence-electron chi connectivity index (χ0n) is 15.5. The maximum atomic E-state index is 12.4. The molecule has 1 aliphatic heterocycles. The second-order valence-electron chi connectivity index (χ2n) is 6.39. The summed E-state index contributed by atoms with van der Waals surface area (Å²) in [5.41, 5.74) is 0.508. The molecule has 1 fully saturated rings. The molecule has 11 heteroatoms. The SMILES string of the molecule is COC(=O)c1ccccc1NC(=O)CNCC(=O)C1CC(S)CN1S(C)(=O)=O. The molecule has 1 amide bonds. The maximum Gasteiger partial charge on any atom is 0.339 e. The first kappa shape index (κ1) is 22.3. The van der Waals surface area contributed by atoms with E-state index >= 15 is 0 Å². The number of ketones is 1. The van der Waals surface area contributed by atoms with E-state index in [2.05, 4.69) is 28.0 Å². The fraction of sp³-hybridized carbons (Fsp3) is 0.471. The fourth-order valence-corrected chi connectivity index (χ4v) is 4.54. The molecule has 28 heavy (non-hydrogen) atoms. The van der Waals surface area contributed by atoms with Gasteiger partial charge in [0, 0.05) is 11.8 Å². The maximum absolute atomic E-state index is 12.4. The number of methoxy groups -OCH3 is 1. The number of carbonyl (C=O) groups excluding carboxylic acids is 3. The highest BCUT2D eigenvalue weighted by atomic mass is 32.2. The molecule has 1 aromatic rings. The number of carbonyl (C=O) groups is 3. The van der Waals surface area contributed by atoms with Crippen molar-refractivity contribution in [1.82, 2.24) is 9.62 Å². The highest BCUT2D eigenvalue weighted by Gasteiger charge is 2.39. The van der Waals surface area contributed by atoms with Gasteiger partial charge in [0.1, 0.15) is 0 Å². The van der Waals surface area contributed by atoms with Gasteiger partial charge in [-0.05, 0) is 18.6 Å². The Morgan fingerprint density at radius 3 is 2.57 bits per heavy atom. The Bertz CT molecular complexity index is 858. The van der Waals surface area contributed by atoms with E-state index in [1.807, 2.05) is 0 Å². The van der Waals surface area contributed by atoms with Gasteiger partial charge >= 0.3 is 5.97 Å². The molecule has 0 saturated carbocycles. The zero-order valence-corrected chi connectivity index (χ0v) is 17.3. The minimum absolute atomic E-state index is 0.163. The molecule has 2 N–H and O–H groups in total. The van der Waals surface area contributed by atoms with Crippen LogP contribution in [-0.2, 0) is 24.3 Å². The van der Waals surface area contributed by atoms with Crippen LogP contribution in [0.2, 0.25) is 0 Å². The quantitative estimate of drug-likeness (QED) is 0.390. The predicted octanol–water partition coefficient (Wildman–Crippen LogP) is -0.0973. The van der Waals surface area contributed by atoms with Crippen molar-refractivity contribution in [3.8, 4) is 0 Å². The smallest absolute Gasteiger partial charge is 0.339 e. The number of hydrogen-bond acceptors (Lipinski definition) is 8.